The van der Waals surface area contributed by atoms with E-state index in [0.29, 0.717) is 10.2 Å². The van der Waals surface area contributed by atoms with Gasteiger partial charge in [0.05, 0.1) is 21.8 Å². The fraction of sp³-hybridized carbons (Fsp3) is 0.200. The highest BCUT2D eigenvalue weighted by molar-refractivity contribution is 7.99. The number of nitrogens with zero attached hydrogens (tertiary/aromatic N) is 1. The van der Waals surface area contributed by atoms with Crippen LogP contribution < -0.4 is 0 Å². The highest BCUT2D eigenvalue weighted by Gasteiger charge is 2.17. The third-order valence-electron chi connectivity index (χ3n) is 4.71. The van der Waals surface area contributed by atoms with Gasteiger partial charge in [0.15, 0.2) is 5.16 Å². The van der Waals surface area contributed by atoms with Gasteiger partial charge in [-0.05, 0) is 50.1 Å². The number of phenolic OH excluding ortho intramolecular Hbond substituents is 1. The lowest BCUT2D eigenvalue weighted by Crippen LogP contribution is -2.24. The zero-order chi connectivity index (χ0) is 22.9. The first-order chi connectivity index (χ1) is 15.2. The third-order valence-corrected chi connectivity index (χ3v) is 5.87. The van der Waals surface area contributed by atoms with Crippen LogP contribution in [0.5, 0.6) is 5.75 Å². The molecule has 0 amide bonds. The van der Waals surface area contributed by atoms with Crippen molar-refractivity contribution in [3.63, 3.8) is 0 Å². The number of phenols is 1. The van der Waals surface area contributed by atoms with Gasteiger partial charge in [-0.2, -0.15) is 0 Å². The summed E-state index contributed by atoms with van der Waals surface area (Å²) in [6, 6.07) is 18.9. The number of halogens is 1. The number of aromatic amines is 1. The number of rotatable bonds is 5. The average molecular weight is 467 g/mol. The van der Waals surface area contributed by atoms with Crippen molar-refractivity contribution in [3.05, 3.63) is 65.7 Å². The zero-order valence-electron chi connectivity index (χ0n) is 18.0. The molecule has 1 heterocycles. The van der Waals surface area contributed by atoms with Gasteiger partial charge in [-0.15, -0.1) is 0 Å². The number of thioether (sulfide) groups is 1. The van der Waals surface area contributed by atoms with E-state index in [2.05, 4.69) is 9.97 Å². The van der Waals surface area contributed by atoms with Crippen LogP contribution >= 0.6 is 23.4 Å². The van der Waals surface area contributed by atoms with E-state index in [0.717, 1.165) is 33.3 Å². The summed E-state index contributed by atoms with van der Waals surface area (Å²) in [5, 5.41) is 11.3. The van der Waals surface area contributed by atoms with Gasteiger partial charge in [-0.1, -0.05) is 65.8 Å². The van der Waals surface area contributed by atoms with Crippen LogP contribution in [0.1, 0.15) is 20.8 Å². The predicted octanol–water partition coefficient (Wildman–Crippen LogP) is 6.69. The fourth-order valence-electron chi connectivity index (χ4n) is 3.34. The van der Waals surface area contributed by atoms with Crippen LogP contribution in [-0.2, 0) is 9.53 Å². The molecule has 4 rings (SSSR count). The number of nitrogens with one attached hydrogen (secondary N) is 1. The molecule has 2 N–H and O–H groups in total. The van der Waals surface area contributed by atoms with Crippen molar-refractivity contribution in [2.75, 3.05) is 5.75 Å². The molecule has 0 fully saturated rings. The average Bonchev–Trinajstić information content (AvgIpc) is 3.13. The fourth-order valence-corrected chi connectivity index (χ4v) is 4.27. The molecule has 7 heteroatoms. The molecule has 0 bridgehead atoms. The number of fused-ring (bicyclic) bond motifs is 1. The topological polar surface area (TPSA) is 75.2 Å². The lowest BCUT2D eigenvalue weighted by Gasteiger charge is -2.18. The Kier molecular flexibility index (Phi) is 6.17. The molecule has 0 atom stereocenters. The van der Waals surface area contributed by atoms with Crippen LogP contribution in [0.3, 0.4) is 0 Å². The van der Waals surface area contributed by atoms with Crippen LogP contribution in [0, 0.1) is 0 Å². The summed E-state index contributed by atoms with van der Waals surface area (Å²) < 4.78 is 5.34. The van der Waals surface area contributed by atoms with Crippen molar-refractivity contribution in [2.24, 2.45) is 0 Å². The highest BCUT2D eigenvalue weighted by atomic mass is 35.5. The van der Waals surface area contributed by atoms with Crippen LogP contribution in [0.4, 0.5) is 0 Å². The van der Waals surface area contributed by atoms with Gasteiger partial charge in [0.2, 0.25) is 0 Å². The minimum atomic E-state index is -0.511. The molecule has 0 aliphatic carbocycles. The number of esters is 1. The number of hydrogen-bond donors (Lipinski definition) is 2. The molecule has 0 aliphatic rings. The van der Waals surface area contributed by atoms with Crippen molar-refractivity contribution in [1.82, 2.24) is 9.97 Å². The summed E-state index contributed by atoms with van der Waals surface area (Å²) >= 11 is 7.86. The van der Waals surface area contributed by atoms with Gasteiger partial charge in [-0.25, -0.2) is 4.98 Å². The summed E-state index contributed by atoms with van der Waals surface area (Å²) in [5.74, 6) is 0.129. The number of aromatic hydroxyl groups is 1. The smallest absolute Gasteiger partial charge is 0.316 e. The van der Waals surface area contributed by atoms with Crippen molar-refractivity contribution in [2.45, 2.75) is 31.5 Å². The quantitative estimate of drug-likeness (QED) is 0.253. The first-order valence-corrected chi connectivity index (χ1v) is 11.5. The molecule has 3 aromatic carbocycles. The maximum absolute atomic E-state index is 12.0. The number of para-hydroxylation sites is 1. The molecule has 4 aromatic rings. The van der Waals surface area contributed by atoms with Crippen molar-refractivity contribution in [1.29, 1.82) is 0 Å². The van der Waals surface area contributed by atoms with E-state index in [4.69, 9.17) is 16.3 Å². The zero-order valence-corrected chi connectivity index (χ0v) is 19.6. The van der Waals surface area contributed by atoms with Gasteiger partial charge in [0.1, 0.15) is 11.4 Å². The second-order valence-corrected chi connectivity index (χ2v) is 9.73. The summed E-state index contributed by atoms with van der Waals surface area (Å²) in [4.78, 5) is 19.8. The Bertz CT molecular complexity index is 1280. The summed E-state index contributed by atoms with van der Waals surface area (Å²) in [5.41, 5.74) is 4.56. The molecule has 164 valence electrons. The monoisotopic (exact) mass is 466 g/mol. The number of carbonyl (C=O) groups excluding carboxylic acids is 1. The number of ether oxygens (including phenoxy) is 1. The first kappa shape index (κ1) is 22.2. The standard InChI is InChI=1S/C25H23ClN2O3S/c1-25(2,3)31-23(30)14-32-24-27-20-12-18(19(26)13-21(20)28-24)16-10-8-15(9-11-16)17-6-4-5-7-22(17)29/h4-13,29H,14H2,1-3H3,(H,27,28). The lowest BCUT2D eigenvalue weighted by molar-refractivity contribution is -0.151. The number of carbonyl (C=O) groups is 1. The van der Waals surface area contributed by atoms with Gasteiger partial charge in [0.25, 0.3) is 0 Å². The number of aromatic nitrogens is 2. The minimum Gasteiger partial charge on any atom is -0.507 e. The Hall–Kier alpha value is -2.96. The van der Waals surface area contributed by atoms with Gasteiger partial charge >= 0.3 is 5.97 Å². The van der Waals surface area contributed by atoms with Crippen LogP contribution in [0.15, 0.2) is 65.8 Å². The Morgan fingerprint density at radius 2 is 1.72 bits per heavy atom. The van der Waals surface area contributed by atoms with E-state index in [1.807, 2.05) is 69.3 Å². The third kappa shape index (κ3) is 5.09. The second kappa shape index (κ2) is 8.88. The molecule has 32 heavy (non-hydrogen) atoms. The maximum Gasteiger partial charge on any atom is 0.316 e. The van der Waals surface area contributed by atoms with Crippen molar-refractivity contribution < 1.29 is 14.6 Å². The second-order valence-electron chi connectivity index (χ2n) is 8.36. The molecule has 0 unspecified atom stereocenters. The van der Waals surface area contributed by atoms with E-state index in [9.17, 15) is 9.90 Å². The first-order valence-electron chi connectivity index (χ1n) is 10.1. The predicted molar refractivity (Wildman–Crippen MR) is 130 cm³/mol. The number of H-pyrrole nitrogens is 1. The van der Waals surface area contributed by atoms with E-state index in [-0.39, 0.29) is 17.5 Å². The number of hydrogen-bond acceptors (Lipinski definition) is 5. The lowest BCUT2D eigenvalue weighted by atomic mass is 9.99. The van der Waals surface area contributed by atoms with Crippen LogP contribution in [0.2, 0.25) is 5.02 Å². The summed E-state index contributed by atoms with van der Waals surface area (Å²) in [6.07, 6.45) is 0. The number of imidazole rings is 1. The van der Waals surface area contributed by atoms with E-state index in [1.54, 1.807) is 12.1 Å². The van der Waals surface area contributed by atoms with Crippen molar-refractivity contribution >= 4 is 40.4 Å². The molecule has 0 saturated carbocycles. The van der Waals surface area contributed by atoms with Crippen LogP contribution in [-0.4, -0.2) is 32.4 Å². The molecule has 1 aromatic heterocycles. The van der Waals surface area contributed by atoms with Gasteiger partial charge in [-0.3, -0.25) is 4.79 Å². The Morgan fingerprint density at radius 3 is 2.38 bits per heavy atom. The summed E-state index contributed by atoms with van der Waals surface area (Å²) in [6.45, 7) is 5.53. The normalized spacial score (nSPS) is 11.6. The van der Waals surface area contributed by atoms with Gasteiger partial charge in [0, 0.05) is 11.1 Å². The van der Waals surface area contributed by atoms with Crippen molar-refractivity contribution in [3.8, 4) is 28.0 Å². The molecule has 0 saturated heterocycles. The Balaban J connectivity index is 1.55. The largest absolute Gasteiger partial charge is 0.507 e. The molecular formula is C25H23ClN2O3S. The van der Waals surface area contributed by atoms with E-state index < -0.39 is 5.60 Å². The molecule has 0 radical (unpaired) electrons. The van der Waals surface area contributed by atoms with E-state index in [1.165, 1.54) is 11.8 Å². The molecule has 0 aliphatic heterocycles. The van der Waals surface area contributed by atoms with Crippen LogP contribution in [0.25, 0.3) is 33.3 Å². The minimum absolute atomic E-state index is 0.172. The molecule has 5 nitrogen and oxygen atoms in total. The number of benzene rings is 3. The Morgan fingerprint density at radius 1 is 1.06 bits per heavy atom. The maximum atomic E-state index is 12.0. The SMILES string of the molecule is CC(C)(C)OC(=O)CSc1nc2cc(-c3ccc(-c4ccccc4O)cc3)c(Cl)cc2[nH]1. The Labute approximate surface area is 195 Å². The van der Waals surface area contributed by atoms with Gasteiger partial charge < -0.3 is 14.8 Å². The molecular weight excluding hydrogens is 444 g/mol. The highest BCUT2D eigenvalue weighted by Crippen LogP contribution is 2.35. The summed E-state index contributed by atoms with van der Waals surface area (Å²) in [7, 11) is 0. The molecule has 0 spiro atoms. The van der Waals surface area contributed by atoms with E-state index >= 15 is 0 Å².